The van der Waals surface area contributed by atoms with Crippen molar-refractivity contribution >= 4 is 0 Å². The maximum atomic E-state index is 6.56. The van der Waals surface area contributed by atoms with Gasteiger partial charge in [0.25, 0.3) is 0 Å². The number of para-hydroxylation sites is 1. The predicted octanol–water partition coefficient (Wildman–Crippen LogP) is 2.86. The Kier molecular flexibility index (Phi) is 3.23. The zero-order valence-electron chi connectivity index (χ0n) is 13.8. The lowest BCUT2D eigenvalue weighted by atomic mass is 9.93. The molecular weight excluding hydrogens is 290 g/mol. The summed E-state index contributed by atoms with van der Waals surface area (Å²) >= 11 is 0. The average molecular weight is 312 g/mol. The highest BCUT2D eigenvalue weighted by atomic mass is 16.8. The van der Waals surface area contributed by atoms with Crippen LogP contribution >= 0.6 is 0 Å². The Labute approximate surface area is 136 Å². The molecule has 0 N–H and O–H groups in total. The number of ether oxygens (including phenoxy) is 3. The minimum atomic E-state index is -0.889. The molecule has 0 radical (unpaired) electrons. The van der Waals surface area contributed by atoms with Crippen molar-refractivity contribution in [2.24, 2.45) is 0 Å². The van der Waals surface area contributed by atoms with Crippen LogP contribution in [0.1, 0.15) is 16.7 Å². The van der Waals surface area contributed by atoms with Crippen molar-refractivity contribution in [3.8, 4) is 5.75 Å². The zero-order valence-corrected chi connectivity index (χ0v) is 13.8. The Morgan fingerprint density at radius 3 is 2.39 bits per heavy atom. The van der Waals surface area contributed by atoms with Crippen molar-refractivity contribution in [3.63, 3.8) is 0 Å². The van der Waals surface area contributed by atoms with Crippen LogP contribution in [0.15, 0.2) is 48.5 Å². The Hall–Kier alpha value is -1.88. The SMILES string of the molecule is C[N+](C)(C)[C@H]1CO[C@]2(O1)c1ccccc1COc1ccccc12. The Morgan fingerprint density at radius 2 is 1.65 bits per heavy atom. The first kappa shape index (κ1) is 14.7. The van der Waals surface area contributed by atoms with Gasteiger partial charge in [0.1, 0.15) is 19.0 Å². The minimum Gasteiger partial charge on any atom is -0.488 e. The molecule has 2 atom stereocenters. The maximum absolute atomic E-state index is 6.56. The minimum absolute atomic E-state index is 0.0331. The molecule has 0 bridgehead atoms. The summed E-state index contributed by atoms with van der Waals surface area (Å²) in [5.74, 6) is -0.0642. The molecule has 1 saturated heterocycles. The summed E-state index contributed by atoms with van der Waals surface area (Å²) in [4.78, 5) is 0. The second kappa shape index (κ2) is 5.06. The number of fused-ring (bicyclic) bond motifs is 4. The molecule has 4 nitrogen and oxygen atoms in total. The van der Waals surface area contributed by atoms with E-state index in [-0.39, 0.29) is 6.23 Å². The van der Waals surface area contributed by atoms with Crippen molar-refractivity contribution < 1.29 is 18.7 Å². The number of nitrogens with zero attached hydrogens (tertiary/aromatic N) is 1. The van der Waals surface area contributed by atoms with Gasteiger partial charge in [-0.15, -0.1) is 0 Å². The van der Waals surface area contributed by atoms with E-state index >= 15 is 0 Å². The third-order valence-electron chi connectivity index (χ3n) is 4.59. The smallest absolute Gasteiger partial charge is 0.232 e. The summed E-state index contributed by atoms with van der Waals surface area (Å²) in [7, 11) is 6.37. The normalized spacial score (nSPS) is 26.3. The summed E-state index contributed by atoms with van der Waals surface area (Å²) in [6.07, 6.45) is -0.0331. The molecule has 4 heteroatoms. The number of likely N-dealkylation sites (N-methyl/N-ethyl adjacent to an activating group) is 1. The van der Waals surface area contributed by atoms with E-state index in [1.807, 2.05) is 36.4 Å². The molecule has 2 aromatic rings. The highest BCUT2D eigenvalue weighted by molar-refractivity contribution is 5.48. The molecule has 0 saturated carbocycles. The molecule has 23 heavy (non-hydrogen) atoms. The van der Waals surface area contributed by atoms with E-state index in [9.17, 15) is 0 Å². The first-order valence-corrected chi connectivity index (χ1v) is 7.94. The van der Waals surface area contributed by atoms with Crippen molar-refractivity contribution in [2.45, 2.75) is 18.6 Å². The van der Waals surface area contributed by atoms with Crippen LogP contribution in [0, 0.1) is 0 Å². The lowest BCUT2D eigenvalue weighted by Crippen LogP contribution is -2.47. The van der Waals surface area contributed by atoms with Gasteiger partial charge in [-0.2, -0.15) is 0 Å². The third-order valence-corrected chi connectivity index (χ3v) is 4.59. The van der Waals surface area contributed by atoms with Crippen molar-refractivity contribution in [3.05, 3.63) is 65.2 Å². The molecule has 4 rings (SSSR count). The highest BCUT2D eigenvalue weighted by Crippen LogP contribution is 2.48. The summed E-state index contributed by atoms with van der Waals surface area (Å²) in [6.45, 7) is 1.07. The van der Waals surface area contributed by atoms with Gasteiger partial charge in [0.05, 0.1) is 26.7 Å². The molecule has 2 aliphatic rings. The Balaban J connectivity index is 1.91. The van der Waals surface area contributed by atoms with Gasteiger partial charge in [-0.25, -0.2) is 0 Å². The van der Waals surface area contributed by atoms with Gasteiger partial charge in [-0.1, -0.05) is 36.4 Å². The molecule has 120 valence electrons. The van der Waals surface area contributed by atoms with Gasteiger partial charge >= 0.3 is 0 Å². The van der Waals surface area contributed by atoms with E-state index in [0.717, 1.165) is 22.4 Å². The monoisotopic (exact) mass is 312 g/mol. The van der Waals surface area contributed by atoms with E-state index in [1.165, 1.54) is 0 Å². The molecule has 0 aliphatic carbocycles. The molecule has 1 fully saturated rings. The second-order valence-electron chi connectivity index (χ2n) is 7.06. The molecule has 0 unspecified atom stereocenters. The lowest BCUT2D eigenvalue weighted by Gasteiger charge is -2.33. The fraction of sp³-hybridized carbons (Fsp3) is 0.368. The number of benzene rings is 2. The first-order valence-electron chi connectivity index (χ1n) is 7.94. The topological polar surface area (TPSA) is 27.7 Å². The van der Waals surface area contributed by atoms with Crippen LogP contribution in [0.2, 0.25) is 0 Å². The molecule has 1 spiro atoms. The molecule has 0 aromatic heterocycles. The fourth-order valence-corrected chi connectivity index (χ4v) is 3.24. The van der Waals surface area contributed by atoms with Crippen LogP contribution in [-0.2, 0) is 21.9 Å². The molecule has 2 aromatic carbocycles. The van der Waals surface area contributed by atoms with E-state index in [0.29, 0.717) is 17.7 Å². The van der Waals surface area contributed by atoms with E-state index in [2.05, 4.69) is 33.3 Å². The van der Waals surface area contributed by atoms with Gasteiger partial charge in [0.15, 0.2) is 0 Å². The standard InChI is InChI=1S/C19H22NO3/c1-20(2,3)18-13-22-19(23-18)15-9-5-4-8-14(15)12-21-17-11-7-6-10-16(17)19/h4-11,18H,12-13H2,1-3H3/q+1/t18-,19+/m1/s1. The van der Waals surface area contributed by atoms with Gasteiger partial charge in [0.2, 0.25) is 12.0 Å². The van der Waals surface area contributed by atoms with Gasteiger partial charge in [0, 0.05) is 5.56 Å². The van der Waals surface area contributed by atoms with Gasteiger partial charge in [-0.3, -0.25) is 4.74 Å². The Morgan fingerprint density at radius 1 is 0.957 bits per heavy atom. The van der Waals surface area contributed by atoms with Crippen LogP contribution in [0.3, 0.4) is 0 Å². The van der Waals surface area contributed by atoms with Crippen molar-refractivity contribution in [2.75, 3.05) is 27.7 Å². The highest BCUT2D eigenvalue weighted by Gasteiger charge is 2.52. The van der Waals surface area contributed by atoms with Crippen molar-refractivity contribution in [1.82, 2.24) is 0 Å². The van der Waals surface area contributed by atoms with E-state index in [1.54, 1.807) is 0 Å². The number of rotatable bonds is 1. The van der Waals surface area contributed by atoms with Crippen LogP contribution < -0.4 is 4.74 Å². The molecular formula is C19H22NO3+. The van der Waals surface area contributed by atoms with Gasteiger partial charge < -0.3 is 14.0 Å². The van der Waals surface area contributed by atoms with Crippen LogP contribution in [0.5, 0.6) is 5.75 Å². The fourth-order valence-electron chi connectivity index (χ4n) is 3.24. The third kappa shape index (κ3) is 2.26. The summed E-state index contributed by atoms with van der Waals surface area (Å²) in [6, 6.07) is 16.2. The summed E-state index contributed by atoms with van der Waals surface area (Å²) in [5.41, 5.74) is 3.09. The molecule has 2 heterocycles. The number of hydrogen-bond donors (Lipinski definition) is 0. The largest absolute Gasteiger partial charge is 0.488 e. The quantitative estimate of drug-likeness (QED) is 0.758. The molecule has 2 aliphatic heterocycles. The van der Waals surface area contributed by atoms with Gasteiger partial charge in [-0.05, 0) is 17.7 Å². The van der Waals surface area contributed by atoms with Crippen LogP contribution in [0.4, 0.5) is 0 Å². The maximum Gasteiger partial charge on any atom is 0.232 e. The van der Waals surface area contributed by atoms with Crippen molar-refractivity contribution in [1.29, 1.82) is 0 Å². The summed E-state index contributed by atoms with van der Waals surface area (Å²) < 4.78 is 19.6. The van der Waals surface area contributed by atoms with Crippen LogP contribution in [-0.4, -0.2) is 38.5 Å². The number of quaternary nitrogens is 1. The summed E-state index contributed by atoms with van der Waals surface area (Å²) in [5, 5.41) is 0. The predicted molar refractivity (Wildman–Crippen MR) is 86.9 cm³/mol. The number of hydrogen-bond acceptors (Lipinski definition) is 3. The molecule has 0 amide bonds. The van der Waals surface area contributed by atoms with E-state index < -0.39 is 5.79 Å². The lowest BCUT2D eigenvalue weighted by molar-refractivity contribution is -0.917. The Bertz CT molecular complexity index is 688. The first-order chi connectivity index (χ1) is 11.0. The van der Waals surface area contributed by atoms with Crippen LogP contribution in [0.25, 0.3) is 0 Å². The van der Waals surface area contributed by atoms with E-state index in [4.69, 9.17) is 14.2 Å². The zero-order chi connectivity index (χ0) is 16.1. The second-order valence-corrected chi connectivity index (χ2v) is 7.06. The average Bonchev–Trinajstić information content (AvgIpc) is 2.94.